The molecule has 1 aromatic heterocycles. The molecule has 1 N–H and O–H groups in total. The first-order valence-corrected chi connectivity index (χ1v) is 7.94. The first-order valence-electron chi connectivity index (χ1n) is 7.94. The van der Waals surface area contributed by atoms with Crippen LogP contribution in [0, 0.1) is 6.92 Å². The van der Waals surface area contributed by atoms with Crippen molar-refractivity contribution < 1.29 is 9.90 Å². The van der Waals surface area contributed by atoms with E-state index in [0.717, 1.165) is 22.2 Å². The van der Waals surface area contributed by atoms with Crippen molar-refractivity contribution in [3.05, 3.63) is 83.6 Å². The number of benzene rings is 3. The molecule has 0 unspecified atom stereocenters. The molecular formula is C21H17NO2. The second-order valence-corrected chi connectivity index (χ2v) is 6.05. The van der Waals surface area contributed by atoms with Crippen LogP contribution in [0.15, 0.2) is 66.7 Å². The number of rotatable bonds is 3. The zero-order valence-corrected chi connectivity index (χ0v) is 13.4. The van der Waals surface area contributed by atoms with E-state index in [4.69, 9.17) is 0 Å². The maximum atomic E-state index is 11.7. The molecule has 0 bridgehead atoms. The Morgan fingerprint density at radius 3 is 2.46 bits per heavy atom. The minimum atomic E-state index is -0.874. The molecular weight excluding hydrogens is 298 g/mol. The molecule has 0 amide bonds. The Kier molecular flexibility index (Phi) is 3.35. The highest BCUT2D eigenvalue weighted by Gasteiger charge is 2.18. The molecule has 3 aromatic carbocycles. The summed E-state index contributed by atoms with van der Waals surface area (Å²) >= 11 is 0. The van der Waals surface area contributed by atoms with Crippen molar-refractivity contribution >= 4 is 27.6 Å². The molecule has 24 heavy (non-hydrogen) atoms. The summed E-state index contributed by atoms with van der Waals surface area (Å²) in [5, 5.41) is 12.8. The molecule has 0 saturated carbocycles. The smallest absolute Gasteiger partial charge is 0.338 e. The minimum Gasteiger partial charge on any atom is -0.478 e. The molecule has 0 fully saturated rings. The zero-order chi connectivity index (χ0) is 16.7. The zero-order valence-electron chi connectivity index (χ0n) is 13.4. The number of aromatic nitrogens is 1. The van der Waals surface area contributed by atoms with E-state index in [1.807, 2.05) is 43.3 Å². The summed E-state index contributed by atoms with van der Waals surface area (Å²) in [4.78, 5) is 11.7. The lowest BCUT2D eigenvalue weighted by Crippen LogP contribution is -2.04. The fraction of sp³-hybridized carbons (Fsp3) is 0.0952. The normalized spacial score (nSPS) is 11.2. The van der Waals surface area contributed by atoms with E-state index < -0.39 is 5.97 Å². The van der Waals surface area contributed by atoms with Gasteiger partial charge >= 0.3 is 5.97 Å². The van der Waals surface area contributed by atoms with Gasteiger partial charge in [-0.3, -0.25) is 0 Å². The third-order valence-electron chi connectivity index (χ3n) is 4.60. The van der Waals surface area contributed by atoms with Gasteiger partial charge in [-0.2, -0.15) is 0 Å². The van der Waals surface area contributed by atoms with Crippen molar-refractivity contribution in [2.45, 2.75) is 13.5 Å². The highest BCUT2D eigenvalue weighted by molar-refractivity contribution is 6.05. The number of hydrogen-bond donors (Lipinski definition) is 1. The van der Waals surface area contributed by atoms with E-state index in [-0.39, 0.29) is 0 Å². The van der Waals surface area contributed by atoms with Crippen molar-refractivity contribution in [3.8, 4) is 0 Å². The Labute approximate surface area is 139 Å². The molecule has 3 nitrogen and oxygen atoms in total. The van der Waals surface area contributed by atoms with Crippen LogP contribution >= 0.6 is 0 Å². The van der Waals surface area contributed by atoms with Gasteiger partial charge in [0.05, 0.1) is 5.56 Å². The Morgan fingerprint density at radius 1 is 0.958 bits per heavy atom. The van der Waals surface area contributed by atoms with Gasteiger partial charge in [-0.15, -0.1) is 0 Å². The molecule has 0 aliphatic carbocycles. The lowest BCUT2D eigenvalue weighted by atomic mass is 10.1. The molecule has 0 aliphatic heterocycles. The van der Waals surface area contributed by atoms with E-state index in [1.165, 1.54) is 10.8 Å². The second kappa shape index (κ2) is 5.53. The summed E-state index contributed by atoms with van der Waals surface area (Å²) in [6, 6.07) is 22.3. The first-order chi connectivity index (χ1) is 11.6. The number of carbonyl (C=O) groups is 1. The monoisotopic (exact) mass is 315 g/mol. The summed E-state index contributed by atoms with van der Waals surface area (Å²) in [7, 11) is 0. The van der Waals surface area contributed by atoms with Gasteiger partial charge in [-0.25, -0.2) is 4.79 Å². The molecule has 3 heteroatoms. The van der Waals surface area contributed by atoms with E-state index in [0.29, 0.717) is 12.1 Å². The SMILES string of the molecule is Cc1c(C(=O)O)c2ccccc2n1Cc1ccc2ccccc2c1. The number of para-hydroxylation sites is 1. The summed E-state index contributed by atoms with van der Waals surface area (Å²) < 4.78 is 2.09. The van der Waals surface area contributed by atoms with Gasteiger partial charge in [0.15, 0.2) is 0 Å². The molecule has 0 saturated heterocycles. The maximum Gasteiger partial charge on any atom is 0.338 e. The fourth-order valence-electron chi connectivity index (χ4n) is 3.42. The highest BCUT2D eigenvalue weighted by Crippen LogP contribution is 2.27. The Bertz CT molecular complexity index is 1080. The molecule has 4 aromatic rings. The average molecular weight is 315 g/mol. The van der Waals surface area contributed by atoms with Crippen LogP contribution in [0.5, 0.6) is 0 Å². The van der Waals surface area contributed by atoms with Gasteiger partial charge in [0.2, 0.25) is 0 Å². The summed E-state index contributed by atoms with van der Waals surface area (Å²) in [5.41, 5.74) is 3.30. The lowest BCUT2D eigenvalue weighted by molar-refractivity contribution is 0.0698. The Balaban J connectivity index is 1.87. The molecule has 1 heterocycles. The number of hydrogen-bond acceptors (Lipinski definition) is 1. The van der Waals surface area contributed by atoms with Crippen LogP contribution in [0.1, 0.15) is 21.6 Å². The van der Waals surface area contributed by atoms with E-state index in [1.54, 1.807) is 0 Å². The molecule has 0 aliphatic rings. The van der Waals surface area contributed by atoms with E-state index in [9.17, 15) is 9.90 Å². The quantitative estimate of drug-likeness (QED) is 0.587. The van der Waals surface area contributed by atoms with Gasteiger partial charge in [0, 0.05) is 23.1 Å². The molecule has 118 valence electrons. The second-order valence-electron chi connectivity index (χ2n) is 6.05. The molecule has 0 atom stereocenters. The largest absolute Gasteiger partial charge is 0.478 e. The van der Waals surface area contributed by atoms with Crippen molar-refractivity contribution in [1.29, 1.82) is 0 Å². The maximum absolute atomic E-state index is 11.7. The third kappa shape index (κ3) is 2.26. The molecule has 0 spiro atoms. The van der Waals surface area contributed by atoms with Crippen LogP contribution in [0.2, 0.25) is 0 Å². The number of nitrogens with zero attached hydrogens (tertiary/aromatic N) is 1. The third-order valence-corrected chi connectivity index (χ3v) is 4.60. The minimum absolute atomic E-state index is 0.395. The number of aromatic carboxylic acids is 1. The molecule has 0 radical (unpaired) electrons. The van der Waals surface area contributed by atoms with Crippen LogP contribution in [-0.2, 0) is 6.54 Å². The lowest BCUT2D eigenvalue weighted by Gasteiger charge is -2.10. The van der Waals surface area contributed by atoms with Crippen molar-refractivity contribution in [1.82, 2.24) is 4.57 Å². The van der Waals surface area contributed by atoms with Crippen LogP contribution < -0.4 is 0 Å². The van der Waals surface area contributed by atoms with E-state index in [2.05, 4.69) is 34.9 Å². The predicted octanol–water partition coefficient (Wildman–Crippen LogP) is 4.85. The Morgan fingerprint density at radius 2 is 1.67 bits per heavy atom. The van der Waals surface area contributed by atoms with Crippen molar-refractivity contribution in [2.24, 2.45) is 0 Å². The van der Waals surface area contributed by atoms with Crippen LogP contribution in [0.4, 0.5) is 0 Å². The van der Waals surface area contributed by atoms with E-state index >= 15 is 0 Å². The summed E-state index contributed by atoms with van der Waals surface area (Å²) in [6.45, 7) is 2.54. The first kappa shape index (κ1) is 14.5. The topological polar surface area (TPSA) is 42.2 Å². The summed E-state index contributed by atoms with van der Waals surface area (Å²) in [6.07, 6.45) is 0. The van der Waals surface area contributed by atoms with Gasteiger partial charge in [-0.05, 0) is 35.4 Å². The van der Waals surface area contributed by atoms with Crippen molar-refractivity contribution in [2.75, 3.05) is 0 Å². The fourth-order valence-corrected chi connectivity index (χ4v) is 3.42. The van der Waals surface area contributed by atoms with Gasteiger partial charge in [0.25, 0.3) is 0 Å². The number of carboxylic acid groups (broad SMARTS) is 1. The average Bonchev–Trinajstić information content (AvgIpc) is 2.87. The van der Waals surface area contributed by atoms with Crippen molar-refractivity contribution in [3.63, 3.8) is 0 Å². The predicted molar refractivity (Wildman–Crippen MR) is 96.7 cm³/mol. The number of fused-ring (bicyclic) bond motifs is 2. The number of carboxylic acids is 1. The molecule has 4 rings (SSSR count). The van der Waals surface area contributed by atoms with Gasteiger partial charge in [0.1, 0.15) is 0 Å². The Hall–Kier alpha value is -3.07. The summed E-state index contributed by atoms with van der Waals surface area (Å²) in [5.74, 6) is -0.874. The standard InChI is InChI=1S/C21H17NO2/c1-14-20(21(23)24)18-8-4-5-9-19(18)22(14)13-15-10-11-16-6-2-3-7-17(16)12-15/h2-12H,13H2,1H3,(H,23,24). The van der Waals surface area contributed by atoms with Crippen LogP contribution in [0.3, 0.4) is 0 Å². The highest BCUT2D eigenvalue weighted by atomic mass is 16.4. The van der Waals surface area contributed by atoms with Crippen LogP contribution in [-0.4, -0.2) is 15.6 Å². The van der Waals surface area contributed by atoms with Gasteiger partial charge in [-0.1, -0.05) is 54.6 Å². The van der Waals surface area contributed by atoms with Gasteiger partial charge < -0.3 is 9.67 Å². The van der Waals surface area contributed by atoms with Crippen LogP contribution in [0.25, 0.3) is 21.7 Å².